The minimum atomic E-state index is -0.707. The zero-order valence-electron chi connectivity index (χ0n) is 25.9. The number of halogens is 2. The van der Waals surface area contributed by atoms with Crippen molar-refractivity contribution >= 4 is 27.5 Å². The number of anilines is 1. The van der Waals surface area contributed by atoms with Gasteiger partial charge in [-0.25, -0.2) is 13.8 Å². The molecule has 2 aromatic heterocycles. The van der Waals surface area contributed by atoms with Gasteiger partial charge < -0.3 is 24.8 Å². The summed E-state index contributed by atoms with van der Waals surface area (Å²) >= 11 is 0. The first kappa shape index (κ1) is 28.8. The van der Waals surface area contributed by atoms with Gasteiger partial charge in [0.25, 0.3) is 0 Å². The highest BCUT2D eigenvalue weighted by molar-refractivity contribution is 6.03. The number of piperazine rings is 1. The Balaban J connectivity index is 1.23. The molecule has 0 radical (unpaired) electrons. The number of hydrogen-bond donors (Lipinski definition) is 2. The van der Waals surface area contributed by atoms with Crippen LogP contribution in [-0.2, 0) is 0 Å². The molecule has 4 aromatic rings. The van der Waals surface area contributed by atoms with Gasteiger partial charge >= 0.3 is 6.01 Å². The van der Waals surface area contributed by atoms with Crippen LogP contribution < -0.4 is 19.7 Å². The maximum Gasteiger partial charge on any atom is 0.319 e. The van der Waals surface area contributed by atoms with E-state index in [1.54, 1.807) is 24.3 Å². The fraction of sp³-hybridized carbons (Fsp3) is 0.417. The topological polar surface area (TPSA) is 95.9 Å². The maximum absolute atomic E-state index is 17.1. The fourth-order valence-electron chi connectivity index (χ4n) is 8.80. The zero-order chi connectivity index (χ0) is 32.1. The Kier molecular flexibility index (Phi) is 6.48. The van der Waals surface area contributed by atoms with Crippen molar-refractivity contribution in [3.8, 4) is 35.5 Å². The van der Waals surface area contributed by atoms with E-state index in [1.165, 1.54) is 6.07 Å². The number of benzene rings is 2. The fourth-order valence-corrected chi connectivity index (χ4v) is 8.80. The van der Waals surface area contributed by atoms with E-state index >= 15 is 4.39 Å². The van der Waals surface area contributed by atoms with Gasteiger partial charge in [-0.15, -0.1) is 6.42 Å². The SMILES string of the molecule is C#Cc1c(F)ccc2cccc(-c3nc4c5c(nc(OCC6C(O)CN7CCC(=C)C67)nc5c3F)N3C[C@H]5CC[C@H](N5)[C@H]3[C@H](C)O4)c12. The van der Waals surface area contributed by atoms with Crippen molar-refractivity contribution in [3.63, 3.8) is 0 Å². The normalized spacial score (nSPS) is 29.5. The second-order valence-electron chi connectivity index (χ2n) is 13.5. The lowest BCUT2D eigenvalue weighted by Crippen LogP contribution is -2.62. The molecular formula is C36H34F2N6O3. The maximum atomic E-state index is 17.1. The van der Waals surface area contributed by atoms with Crippen LogP contribution in [0.2, 0.25) is 0 Å². The Morgan fingerprint density at radius 3 is 2.87 bits per heavy atom. The second-order valence-corrected chi connectivity index (χ2v) is 13.5. The number of aliphatic hydroxyl groups excluding tert-OH is 1. The average molecular weight is 637 g/mol. The summed E-state index contributed by atoms with van der Waals surface area (Å²) in [6.07, 6.45) is 7.76. The van der Waals surface area contributed by atoms with Crippen molar-refractivity contribution < 1.29 is 23.4 Å². The number of aliphatic hydroxyl groups is 1. The minimum absolute atomic E-state index is 0.00161. The summed E-state index contributed by atoms with van der Waals surface area (Å²) in [5.74, 6) is 1.67. The van der Waals surface area contributed by atoms with Crippen LogP contribution in [0, 0.1) is 29.9 Å². The second kappa shape index (κ2) is 10.6. The van der Waals surface area contributed by atoms with Gasteiger partial charge in [0.2, 0.25) is 5.88 Å². The molecule has 3 unspecified atom stereocenters. The molecule has 47 heavy (non-hydrogen) atoms. The molecule has 4 saturated heterocycles. The van der Waals surface area contributed by atoms with E-state index in [-0.39, 0.29) is 71.5 Å². The van der Waals surface area contributed by atoms with Crippen LogP contribution in [0.4, 0.5) is 14.6 Å². The molecular weight excluding hydrogens is 602 g/mol. The Hall–Kier alpha value is -4.37. The molecule has 9 nitrogen and oxygen atoms in total. The molecule has 11 heteroatoms. The molecule has 5 aliphatic heterocycles. The minimum Gasteiger partial charge on any atom is -0.472 e. The lowest BCUT2D eigenvalue weighted by molar-refractivity contribution is 0.0999. The van der Waals surface area contributed by atoms with Crippen LogP contribution in [0.25, 0.3) is 32.9 Å². The third kappa shape index (κ3) is 4.28. The quantitative estimate of drug-likeness (QED) is 0.253. The van der Waals surface area contributed by atoms with E-state index < -0.39 is 17.7 Å². The molecule has 2 bridgehead atoms. The van der Waals surface area contributed by atoms with Crippen LogP contribution in [-0.4, -0.2) is 87.6 Å². The standard InChI is InChI=1S/C36H34F2N6O3/c1-4-21-24(37)10-8-19-6-5-7-22(27(19)21)30-29(38)31-28-34(44-14-20-9-11-25(39-20)33(44)18(3)47-35(28)40-30)42-36(41-31)46-16-23-26(45)15-43-13-12-17(2)32(23)43/h1,5-8,10,18,20,23,25-26,32-33,39,45H,2,9,11-16H2,3H3/t18-,20+,23?,25-,26?,32?,33+/m0/s1. The largest absolute Gasteiger partial charge is 0.472 e. The van der Waals surface area contributed by atoms with Crippen molar-refractivity contribution in [2.45, 2.75) is 62.6 Å². The van der Waals surface area contributed by atoms with E-state index in [9.17, 15) is 9.50 Å². The van der Waals surface area contributed by atoms with Crippen LogP contribution in [0.15, 0.2) is 42.5 Å². The first-order chi connectivity index (χ1) is 22.8. The lowest BCUT2D eigenvalue weighted by atomic mass is 9.94. The monoisotopic (exact) mass is 636 g/mol. The summed E-state index contributed by atoms with van der Waals surface area (Å²) < 4.78 is 44.9. The van der Waals surface area contributed by atoms with Crippen LogP contribution in [0.3, 0.4) is 0 Å². The van der Waals surface area contributed by atoms with Gasteiger partial charge in [0.05, 0.1) is 24.3 Å². The highest BCUT2D eigenvalue weighted by atomic mass is 19.1. The van der Waals surface area contributed by atoms with Crippen molar-refractivity contribution in [1.82, 2.24) is 25.2 Å². The lowest BCUT2D eigenvalue weighted by Gasteiger charge is -2.42. The molecule has 4 fully saturated rings. The first-order valence-corrected chi connectivity index (χ1v) is 16.3. The van der Waals surface area contributed by atoms with Crippen LogP contribution >= 0.6 is 0 Å². The summed E-state index contributed by atoms with van der Waals surface area (Å²) in [6, 6.07) is 8.53. The van der Waals surface area contributed by atoms with Gasteiger partial charge in [-0.1, -0.05) is 42.3 Å². The predicted octanol–water partition coefficient (Wildman–Crippen LogP) is 4.19. The Morgan fingerprint density at radius 1 is 1.15 bits per heavy atom. The van der Waals surface area contributed by atoms with Gasteiger partial charge in [0.1, 0.15) is 34.3 Å². The zero-order valence-corrected chi connectivity index (χ0v) is 25.9. The summed E-state index contributed by atoms with van der Waals surface area (Å²) in [4.78, 5) is 18.8. The number of fused-ring (bicyclic) bond motifs is 7. The third-order valence-corrected chi connectivity index (χ3v) is 10.9. The highest BCUT2D eigenvalue weighted by Gasteiger charge is 2.48. The summed E-state index contributed by atoms with van der Waals surface area (Å²) in [5, 5.41) is 16.0. The number of terminal acetylenes is 1. The van der Waals surface area contributed by atoms with E-state index in [0.29, 0.717) is 40.6 Å². The summed E-state index contributed by atoms with van der Waals surface area (Å²) in [5.41, 5.74) is 1.39. The van der Waals surface area contributed by atoms with Gasteiger partial charge in [0.15, 0.2) is 5.82 Å². The molecule has 0 spiro atoms. The molecule has 7 atom stereocenters. The van der Waals surface area contributed by atoms with E-state index in [1.807, 2.05) is 6.92 Å². The van der Waals surface area contributed by atoms with Gasteiger partial charge in [0, 0.05) is 54.6 Å². The smallest absolute Gasteiger partial charge is 0.319 e. The van der Waals surface area contributed by atoms with Crippen molar-refractivity contribution in [1.29, 1.82) is 0 Å². The predicted molar refractivity (Wildman–Crippen MR) is 173 cm³/mol. The Bertz CT molecular complexity index is 2030. The van der Waals surface area contributed by atoms with Crippen molar-refractivity contribution in [2.75, 3.05) is 31.1 Å². The Labute approximate surface area is 270 Å². The molecule has 9 rings (SSSR count). The van der Waals surface area contributed by atoms with E-state index in [2.05, 4.69) is 32.6 Å². The number of ether oxygens (including phenoxy) is 2. The molecule has 2 N–H and O–H groups in total. The molecule has 5 aliphatic rings. The van der Waals surface area contributed by atoms with Gasteiger partial charge in [-0.05, 0) is 37.6 Å². The van der Waals surface area contributed by atoms with Crippen LogP contribution in [0.1, 0.15) is 31.7 Å². The summed E-state index contributed by atoms with van der Waals surface area (Å²) in [6.45, 7) is 8.46. The number of hydrogen-bond acceptors (Lipinski definition) is 9. The Morgan fingerprint density at radius 2 is 2.02 bits per heavy atom. The van der Waals surface area contributed by atoms with Crippen molar-refractivity contribution in [2.24, 2.45) is 5.92 Å². The van der Waals surface area contributed by atoms with Crippen molar-refractivity contribution in [3.05, 3.63) is 59.7 Å². The molecule has 0 amide bonds. The summed E-state index contributed by atoms with van der Waals surface area (Å²) in [7, 11) is 0. The van der Waals surface area contributed by atoms with Gasteiger partial charge in [-0.2, -0.15) is 9.97 Å². The third-order valence-electron chi connectivity index (χ3n) is 10.9. The molecule has 2 aromatic carbocycles. The number of rotatable bonds is 4. The average Bonchev–Trinajstić information content (AvgIpc) is 3.70. The molecule has 7 heterocycles. The number of pyridine rings is 1. The molecule has 0 saturated carbocycles. The highest BCUT2D eigenvalue weighted by Crippen LogP contribution is 2.45. The van der Waals surface area contributed by atoms with Gasteiger partial charge in [-0.3, -0.25) is 4.90 Å². The number of nitrogens with one attached hydrogen (secondary N) is 1. The molecule has 240 valence electrons. The van der Waals surface area contributed by atoms with Crippen LogP contribution in [0.5, 0.6) is 11.9 Å². The van der Waals surface area contributed by atoms with E-state index in [0.717, 1.165) is 31.4 Å². The number of nitrogens with zero attached hydrogens (tertiary/aromatic N) is 5. The number of aromatic nitrogens is 3. The van der Waals surface area contributed by atoms with E-state index in [4.69, 9.17) is 25.9 Å². The first-order valence-electron chi connectivity index (χ1n) is 16.3. The molecule has 0 aliphatic carbocycles.